The number of pyridine rings is 1. The van der Waals surface area contributed by atoms with Crippen molar-refractivity contribution in [3.05, 3.63) is 35.9 Å². The summed E-state index contributed by atoms with van der Waals surface area (Å²) in [6, 6.07) is 9.52. The number of ether oxygens (including phenoxy) is 3. The van der Waals surface area contributed by atoms with Crippen molar-refractivity contribution in [3.8, 4) is 5.88 Å². The molecule has 5 nitrogen and oxygen atoms in total. The summed E-state index contributed by atoms with van der Waals surface area (Å²) < 4.78 is 16.8. The molecule has 0 radical (unpaired) electrons. The zero-order valence-corrected chi connectivity index (χ0v) is 14.5. The summed E-state index contributed by atoms with van der Waals surface area (Å²) in [5.41, 5.74) is 1.49. The van der Waals surface area contributed by atoms with Crippen molar-refractivity contribution in [2.24, 2.45) is 11.3 Å². The smallest absolute Gasteiger partial charge is 0.343 e. The van der Waals surface area contributed by atoms with E-state index in [1.165, 1.54) is 0 Å². The lowest BCUT2D eigenvalue weighted by atomic mass is 10.0. The van der Waals surface area contributed by atoms with Gasteiger partial charge < -0.3 is 14.2 Å². The molecular weight excluding hydrogens is 318 g/mol. The number of fused-ring (bicyclic) bond motifs is 1. The second-order valence-corrected chi connectivity index (χ2v) is 7.05. The average Bonchev–Trinajstić information content (AvgIpc) is 3.09. The van der Waals surface area contributed by atoms with Gasteiger partial charge in [-0.25, -0.2) is 9.78 Å². The van der Waals surface area contributed by atoms with Crippen LogP contribution < -0.4 is 4.74 Å². The summed E-state index contributed by atoms with van der Waals surface area (Å²) in [4.78, 5) is 17.1. The highest BCUT2D eigenvalue weighted by atomic mass is 16.5. The molecule has 1 spiro atoms. The van der Waals surface area contributed by atoms with Gasteiger partial charge in [0.1, 0.15) is 5.56 Å². The number of aromatic nitrogens is 1. The van der Waals surface area contributed by atoms with Gasteiger partial charge in [0.25, 0.3) is 0 Å². The Morgan fingerprint density at radius 1 is 1.40 bits per heavy atom. The highest BCUT2D eigenvalue weighted by Gasteiger charge is 2.56. The molecule has 1 aliphatic carbocycles. The lowest BCUT2D eigenvalue weighted by Gasteiger charge is -2.12. The van der Waals surface area contributed by atoms with Gasteiger partial charge in [-0.15, -0.1) is 0 Å². The Labute approximate surface area is 147 Å². The van der Waals surface area contributed by atoms with E-state index in [-0.39, 0.29) is 11.4 Å². The molecule has 2 atom stereocenters. The van der Waals surface area contributed by atoms with E-state index in [1.54, 1.807) is 0 Å². The molecule has 2 aliphatic rings. The molecular formula is C20H23NO4. The molecule has 132 valence electrons. The highest BCUT2D eigenvalue weighted by Crippen LogP contribution is 2.57. The van der Waals surface area contributed by atoms with Gasteiger partial charge in [-0.1, -0.05) is 25.1 Å². The van der Waals surface area contributed by atoms with Crippen LogP contribution in [-0.2, 0) is 9.47 Å². The van der Waals surface area contributed by atoms with Crippen molar-refractivity contribution in [3.63, 3.8) is 0 Å². The van der Waals surface area contributed by atoms with Crippen LogP contribution in [0.2, 0.25) is 0 Å². The number of nitrogens with zero attached hydrogens (tertiary/aromatic N) is 1. The van der Waals surface area contributed by atoms with Gasteiger partial charge in [0.2, 0.25) is 5.88 Å². The van der Waals surface area contributed by atoms with Crippen LogP contribution in [0.15, 0.2) is 30.3 Å². The zero-order chi connectivity index (χ0) is 17.3. The summed E-state index contributed by atoms with van der Waals surface area (Å²) >= 11 is 0. The standard InChI is InChI=1S/C20H23NO4/c1-2-8-24-18-16(10-14-5-3-4-6-17(14)21-18)19(22)25-12-15-11-20(15)7-9-23-13-20/h3-6,10,15H,2,7-9,11-13H2,1H3. The molecule has 0 N–H and O–H groups in total. The predicted octanol–water partition coefficient (Wildman–Crippen LogP) is 3.61. The minimum atomic E-state index is -0.356. The molecule has 1 aromatic heterocycles. The molecule has 0 bridgehead atoms. The molecule has 0 amide bonds. The quantitative estimate of drug-likeness (QED) is 0.751. The van der Waals surface area contributed by atoms with Gasteiger partial charge in [-0.2, -0.15) is 0 Å². The van der Waals surface area contributed by atoms with E-state index in [2.05, 4.69) is 4.98 Å². The van der Waals surface area contributed by atoms with Crippen molar-refractivity contribution < 1.29 is 19.0 Å². The summed E-state index contributed by atoms with van der Waals surface area (Å²) in [5.74, 6) is 0.429. The predicted molar refractivity (Wildman–Crippen MR) is 93.8 cm³/mol. The van der Waals surface area contributed by atoms with E-state index >= 15 is 0 Å². The second kappa shape index (κ2) is 6.64. The molecule has 2 unspecified atom stereocenters. The Balaban J connectivity index is 1.50. The Hall–Kier alpha value is -2.14. The van der Waals surface area contributed by atoms with E-state index in [1.807, 2.05) is 37.3 Å². The van der Waals surface area contributed by atoms with Gasteiger partial charge in [0, 0.05) is 23.3 Å². The lowest BCUT2D eigenvalue weighted by molar-refractivity contribution is 0.0460. The first-order valence-corrected chi connectivity index (χ1v) is 8.99. The molecule has 2 heterocycles. The fourth-order valence-electron chi connectivity index (χ4n) is 3.58. The molecule has 4 rings (SSSR count). The van der Waals surface area contributed by atoms with Gasteiger partial charge in [0.15, 0.2) is 0 Å². The minimum absolute atomic E-state index is 0.267. The van der Waals surface area contributed by atoms with Crippen LogP contribution in [-0.4, -0.2) is 37.4 Å². The Morgan fingerprint density at radius 3 is 3.08 bits per heavy atom. The summed E-state index contributed by atoms with van der Waals surface area (Å²) in [6.45, 7) is 4.62. The topological polar surface area (TPSA) is 57.7 Å². The summed E-state index contributed by atoms with van der Waals surface area (Å²) in [6.07, 6.45) is 3.03. The third kappa shape index (κ3) is 3.21. The molecule has 25 heavy (non-hydrogen) atoms. The van der Waals surface area contributed by atoms with Crippen LogP contribution in [0, 0.1) is 11.3 Å². The van der Waals surface area contributed by atoms with Crippen molar-refractivity contribution in [1.29, 1.82) is 0 Å². The minimum Gasteiger partial charge on any atom is -0.477 e. The number of para-hydroxylation sites is 1. The Morgan fingerprint density at radius 2 is 2.28 bits per heavy atom. The zero-order valence-electron chi connectivity index (χ0n) is 14.5. The number of carbonyl (C=O) groups excluding carboxylic acids is 1. The fraction of sp³-hybridized carbons (Fsp3) is 0.500. The number of hydrogen-bond donors (Lipinski definition) is 0. The number of benzene rings is 1. The van der Waals surface area contributed by atoms with E-state index in [0.717, 1.165) is 43.4 Å². The first-order valence-electron chi connectivity index (χ1n) is 8.99. The maximum Gasteiger partial charge on any atom is 0.343 e. The van der Waals surface area contributed by atoms with Crippen LogP contribution >= 0.6 is 0 Å². The first kappa shape index (κ1) is 16.3. The summed E-state index contributed by atoms with van der Waals surface area (Å²) in [7, 11) is 0. The first-order chi connectivity index (χ1) is 12.2. The van der Waals surface area contributed by atoms with Crippen LogP contribution in [0.25, 0.3) is 10.9 Å². The van der Waals surface area contributed by atoms with Crippen LogP contribution in [0.5, 0.6) is 5.88 Å². The molecule has 2 fully saturated rings. The van der Waals surface area contributed by atoms with E-state index in [4.69, 9.17) is 14.2 Å². The highest BCUT2D eigenvalue weighted by molar-refractivity contribution is 5.96. The number of hydrogen-bond acceptors (Lipinski definition) is 5. The Bertz CT molecular complexity index is 782. The lowest BCUT2D eigenvalue weighted by Crippen LogP contribution is -2.14. The maximum absolute atomic E-state index is 12.6. The molecule has 1 aliphatic heterocycles. The second-order valence-electron chi connectivity index (χ2n) is 7.05. The molecule has 1 saturated heterocycles. The van der Waals surface area contributed by atoms with Crippen molar-refractivity contribution in [2.45, 2.75) is 26.2 Å². The molecule has 2 aromatic rings. The number of rotatable bonds is 6. The van der Waals surface area contributed by atoms with Gasteiger partial charge in [-0.3, -0.25) is 0 Å². The average molecular weight is 341 g/mol. The van der Waals surface area contributed by atoms with Gasteiger partial charge in [0.05, 0.1) is 25.3 Å². The number of carbonyl (C=O) groups is 1. The monoisotopic (exact) mass is 341 g/mol. The Kier molecular flexibility index (Phi) is 4.34. The van der Waals surface area contributed by atoms with Crippen molar-refractivity contribution in [1.82, 2.24) is 4.98 Å². The molecule has 1 saturated carbocycles. The summed E-state index contributed by atoms with van der Waals surface area (Å²) in [5, 5.41) is 0.908. The van der Waals surface area contributed by atoms with Crippen LogP contribution in [0.3, 0.4) is 0 Å². The third-order valence-corrected chi connectivity index (χ3v) is 5.26. The molecule has 5 heteroatoms. The van der Waals surface area contributed by atoms with Gasteiger partial charge >= 0.3 is 5.97 Å². The maximum atomic E-state index is 12.6. The normalized spacial score (nSPS) is 24.6. The van der Waals surface area contributed by atoms with E-state index < -0.39 is 0 Å². The van der Waals surface area contributed by atoms with E-state index in [0.29, 0.717) is 30.6 Å². The fourth-order valence-corrected chi connectivity index (χ4v) is 3.58. The van der Waals surface area contributed by atoms with Crippen LogP contribution in [0.4, 0.5) is 0 Å². The van der Waals surface area contributed by atoms with Crippen molar-refractivity contribution in [2.75, 3.05) is 26.4 Å². The van der Waals surface area contributed by atoms with Gasteiger partial charge in [-0.05, 0) is 31.4 Å². The number of esters is 1. The third-order valence-electron chi connectivity index (χ3n) is 5.26. The van der Waals surface area contributed by atoms with Crippen molar-refractivity contribution >= 4 is 16.9 Å². The SMILES string of the molecule is CCCOc1nc2ccccc2cc1C(=O)OCC1CC12CCOC2. The molecule has 1 aromatic carbocycles. The van der Waals surface area contributed by atoms with E-state index in [9.17, 15) is 4.79 Å². The largest absolute Gasteiger partial charge is 0.477 e. The van der Waals surface area contributed by atoms with Crippen LogP contribution in [0.1, 0.15) is 36.5 Å².